The molecule has 2 aromatic carbocycles. The Balaban J connectivity index is 2.03. The van der Waals surface area contributed by atoms with E-state index >= 15 is 0 Å². The number of carbonyl (C=O) groups is 1. The van der Waals surface area contributed by atoms with Crippen LogP contribution >= 0.6 is 0 Å². The third-order valence-corrected chi connectivity index (χ3v) is 7.74. The molecule has 3 rings (SSSR count). The van der Waals surface area contributed by atoms with Crippen LogP contribution in [-0.2, 0) is 14.6 Å². The highest BCUT2D eigenvalue weighted by Crippen LogP contribution is 2.57. The number of nitrogens with one attached hydrogen (secondary N) is 1. The maximum atomic E-state index is 13.5. The van der Waals surface area contributed by atoms with E-state index in [4.69, 9.17) is 10.5 Å². The van der Waals surface area contributed by atoms with Gasteiger partial charge in [0, 0.05) is 12.5 Å². The number of hydrogen-bond acceptors (Lipinski definition) is 5. The normalized spacial score (nSPS) is 23.7. The molecule has 1 fully saturated rings. The summed E-state index contributed by atoms with van der Waals surface area (Å²) >= 11 is 0. The Hall–Kier alpha value is -2.38. The number of nitrogens with two attached hydrogens (primary N) is 1. The first kappa shape index (κ1) is 22.3. The van der Waals surface area contributed by atoms with Crippen LogP contribution in [0.1, 0.15) is 43.4 Å². The second-order valence-electron chi connectivity index (χ2n) is 9.04. The molecule has 0 spiro atoms. The first-order valence-electron chi connectivity index (χ1n) is 9.99. The minimum atomic E-state index is -3.75. The van der Waals surface area contributed by atoms with Crippen molar-refractivity contribution in [1.29, 1.82) is 0 Å². The molecule has 1 aliphatic carbocycles. The van der Waals surface area contributed by atoms with Gasteiger partial charge >= 0.3 is 6.09 Å². The molecule has 2 aromatic rings. The number of hydrogen-bond donors (Lipinski definition) is 2. The fourth-order valence-corrected chi connectivity index (χ4v) is 6.26. The number of benzene rings is 2. The summed E-state index contributed by atoms with van der Waals surface area (Å²) in [6.45, 7) is 9.11. The third-order valence-electron chi connectivity index (χ3n) is 5.45. The van der Waals surface area contributed by atoms with Gasteiger partial charge in [0.1, 0.15) is 10.9 Å². The van der Waals surface area contributed by atoms with Crippen LogP contribution in [0.3, 0.4) is 0 Å². The second-order valence-corrected chi connectivity index (χ2v) is 11.1. The summed E-state index contributed by atoms with van der Waals surface area (Å²) in [7, 11) is -3.75. The summed E-state index contributed by atoms with van der Waals surface area (Å²) in [5.74, 6) is -0.470. The lowest BCUT2D eigenvalue weighted by Gasteiger charge is -2.24. The SMILES string of the molecule is Cc1ccc([C@H]2[C@@H](S(=O)(=O)c3ccc(C)cc3)[C@@]2(CN)NC(=O)OC(C)(C)C)cc1. The van der Waals surface area contributed by atoms with Crippen molar-refractivity contribution in [1.82, 2.24) is 5.32 Å². The maximum Gasteiger partial charge on any atom is 0.408 e. The summed E-state index contributed by atoms with van der Waals surface area (Å²) in [6.07, 6.45) is -0.674. The molecule has 3 N–H and O–H groups in total. The molecule has 0 aliphatic heterocycles. The van der Waals surface area contributed by atoms with Crippen LogP contribution in [-0.4, -0.2) is 37.4 Å². The number of carbonyl (C=O) groups excluding carboxylic acids is 1. The first-order chi connectivity index (χ1) is 13.9. The number of ether oxygens (including phenoxy) is 1. The standard InChI is InChI=1S/C23H30N2O4S/c1-15-6-10-17(11-7-15)19-20(30(27,28)18-12-8-16(2)9-13-18)23(19,14-24)25-21(26)29-22(3,4)5/h6-13,19-20H,14,24H2,1-5H3,(H,25,26)/t19-,20+,23-/m0/s1. The van der Waals surface area contributed by atoms with Crippen molar-refractivity contribution in [3.63, 3.8) is 0 Å². The molecule has 0 heterocycles. The van der Waals surface area contributed by atoms with Crippen LogP contribution < -0.4 is 11.1 Å². The zero-order chi connectivity index (χ0) is 22.3. The van der Waals surface area contributed by atoms with Gasteiger partial charge in [0.05, 0.1) is 10.4 Å². The molecule has 0 bridgehead atoms. The highest BCUT2D eigenvalue weighted by Gasteiger charge is 2.71. The number of rotatable bonds is 5. The van der Waals surface area contributed by atoms with Gasteiger partial charge in [-0.05, 0) is 52.3 Å². The molecule has 0 unspecified atom stereocenters. The van der Waals surface area contributed by atoms with Gasteiger partial charge in [-0.1, -0.05) is 47.5 Å². The quantitative estimate of drug-likeness (QED) is 0.757. The number of amides is 1. The third kappa shape index (κ3) is 4.23. The van der Waals surface area contributed by atoms with Crippen LogP contribution in [0.4, 0.5) is 4.79 Å². The predicted octanol–water partition coefficient (Wildman–Crippen LogP) is 3.47. The molecule has 1 aliphatic rings. The van der Waals surface area contributed by atoms with E-state index < -0.39 is 38.2 Å². The van der Waals surface area contributed by atoms with E-state index in [-0.39, 0.29) is 11.4 Å². The molecule has 3 atom stereocenters. The summed E-state index contributed by atoms with van der Waals surface area (Å²) in [5.41, 5.74) is 7.10. The van der Waals surface area contributed by atoms with Crippen molar-refractivity contribution in [2.75, 3.05) is 6.54 Å². The molecule has 1 saturated carbocycles. The average Bonchev–Trinajstić information content (AvgIpc) is 3.30. The Morgan fingerprint density at radius 3 is 2.00 bits per heavy atom. The Labute approximate surface area is 178 Å². The van der Waals surface area contributed by atoms with E-state index in [1.165, 1.54) is 0 Å². The van der Waals surface area contributed by atoms with Crippen molar-refractivity contribution in [2.45, 2.75) is 61.8 Å². The van der Waals surface area contributed by atoms with Crippen LogP contribution in [0.25, 0.3) is 0 Å². The van der Waals surface area contributed by atoms with Gasteiger partial charge in [-0.2, -0.15) is 0 Å². The van der Waals surface area contributed by atoms with Crippen molar-refractivity contribution < 1.29 is 17.9 Å². The zero-order valence-corrected chi connectivity index (χ0v) is 18.9. The Kier molecular flexibility index (Phi) is 5.73. The van der Waals surface area contributed by atoms with Gasteiger partial charge in [-0.15, -0.1) is 0 Å². The van der Waals surface area contributed by atoms with Crippen LogP contribution in [0.2, 0.25) is 0 Å². The predicted molar refractivity (Wildman–Crippen MR) is 117 cm³/mol. The number of sulfone groups is 1. The second kappa shape index (κ2) is 7.71. The van der Waals surface area contributed by atoms with Crippen molar-refractivity contribution in [3.8, 4) is 0 Å². The van der Waals surface area contributed by atoms with Crippen LogP contribution in [0, 0.1) is 13.8 Å². The highest BCUT2D eigenvalue weighted by molar-refractivity contribution is 7.92. The van der Waals surface area contributed by atoms with E-state index in [9.17, 15) is 13.2 Å². The lowest BCUT2D eigenvalue weighted by molar-refractivity contribution is 0.0497. The molecule has 1 amide bonds. The minimum absolute atomic E-state index is 0.0272. The monoisotopic (exact) mass is 430 g/mol. The van der Waals surface area contributed by atoms with E-state index in [0.717, 1.165) is 16.7 Å². The van der Waals surface area contributed by atoms with Crippen LogP contribution in [0.5, 0.6) is 0 Å². The first-order valence-corrected chi connectivity index (χ1v) is 11.5. The topological polar surface area (TPSA) is 98.5 Å². The largest absolute Gasteiger partial charge is 0.444 e. The summed E-state index contributed by atoms with van der Waals surface area (Å²) in [4.78, 5) is 12.8. The van der Waals surface area contributed by atoms with Gasteiger partial charge in [0.15, 0.2) is 9.84 Å². The van der Waals surface area contributed by atoms with Crippen LogP contribution in [0.15, 0.2) is 53.4 Å². The fourth-order valence-electron chi connectivity index (χ4n) is 3.92. The molecule has 162 valence electrons. The molecular formula is C23H30N2O4S. The molecular weight excluding hydrogens is 400 g/mol. The van der Waals surface area contributed by atoms with Gasteiger partial charge in [0.2, 0.25) is 0 Å². The summed E-state index contributed by atoms with van der Waals surface area (Å²) in [6, 6.07) is 14.4. The Morgan fingerprint density at radius 2 is 1.53 bits per heavy atom. The lowest BCUT2D eigenvalue weighted by atomic mass is 10.0. The van der Waals surface area contributed by atoms with Gasteiger partial charge in [0.25, 0.3) is 0 Å². The highest BCUT2D eigenvalue weighted by atomic mass is 32.2. The fraction of sp³-hybridized carbons (Fsp3) is 0.435. The molecule has 6 nitrogen and oxygen atoms in total. The van der Waals surface area contributed by atoms with E-state index in [1.807, 2.05) is 38.1 Å². The number of alkyl carbamates (subject to hydrolysis) is 1. The van der Waals surface area contributed by atoms with Crippen molar-refractivity contribution in [3.05, 3.63) is 65.2 Å². The van der Waals surface area contributed by atoms with Crippen molar-refractivity contribution in [2.24, 2.45) is 5.73 Å². The molecule has 0 radical (unpaired) electrons. The molecule has 0 saturated heterocycles. The van der Waals surface area contributed by atoms with E-state index in [2.05, 4.69) is 5.32 Å². The number of aryl methyl sites for hydroxylation is 2. The van der Waals surface area contributed by atoms with Gasteiger partial charge in [-0.3, -0.25) is 0 Å². The Morgan fingerprint density at radius 1 is 1.03 bits per heavy atom. The van der Waals surface area contributed by atoms with Gasteiger partial charge < -0.3 is 15.8 Å². The lowest BCUT2D eigenvalue weighted by Crippen LogP contribution is -2.49. The zero-order valence-electron chi connectivity index (χ0n) is 18.1. The maximum absolute atomic E-state index is 13.5. The minimum Gasteiger partial charge on any atom is -0.444 e. The average molecular weight is 431 g/mol. The molecule has 0 aromatic heterocycles. The summed E-state index contributed by atoms with van der Waals surface area (Å²) in [5, 5.41) is 1.93. The van der Waals surface area contributed by atoms with Crippen molar-refractivity contribution >= 4 is 15.9 Å². The van der Waals surface area contributed by atoms with E-state index in [0.29, 0.717) is 0 Å². The Bertz CT molecular complexity index is 1020. The van der Waals surface area contributed by atoms with Gasteiger partial charge in [-0.25, -0.2) is 13.2 Å². The smallest absolute Gasteiger partial charge is 0.408 e. The summed E-state index contributed by atoms with van der Waals surface area (Å²) < 4.78 is 32.5. The molecule has 30 heavy (non-hydrogen) atoms. The van der Waals surface area contributed by atoms with E-state index in [1.54, 1.807) is 45.0 Å². The molecule has 7 heteroatoms.